The minimum absolute atomic E-state index is 0.0964. The van der Waals surface area contributed by atoms with E-state index in [1.54, 1.807) is 0 Å². The smallest absolute Gasteiger partial charge is 0.306 e. The Morgan fingerprint density at radius 2 is 2.00 bits per heavy atom. The SMILES string of the molecule is CCOC(=O)C[C@@H](C)Cc1ccccc1. The highest BCUT2D eigenvalue weighted by molar-refractivity contribution is 5.69. The van der Waals surface area contributed by atoms with Crippen molar-refractivity contribution >= 4 is 5.97 Å². The Morgan fingerprint density at radius 3 is 2.60 bits per heavy atom. The highest BCUT2D eigenvalue weighted by Crippen LogP contribution is 2.12. The first-order chi connectivity index (χ1) is 7.22. The molecule has 0 heterocycles. The Hall–Kier alpha value is -1.31. The number of carbonyl (C=O) groups is 1. The van der Waals surface area contributed by atoms with Gasteiger partial charge in [-0.05, 0) is 24.8 Å². The third-order valence-electron chi connectivity index (χ3n) is 2.25. The van der Waals surface area contributed by atoms with E-state index in [0.717, 1.165) is 6.42 Å². The van der Waals surface area contributed by atoms with E-state index >= 15 is 0 Å². The third-order valence-corrected chi connectivity index (χ3v) is 2.25. The van der Waals surface area contributed by atoms with Crippen LogP contribution >= 0.6 is 0 Å². The van der Waals surface area contributed by atoms with E-state index < -0.39 is 0 Å². The van der Waals surface area contributed by atoms with Crippen molar-refractivity contribution in [2.24, 2.45) is 5.92 Å². The van der Waals surface area contributed by atoms with Crippen LogP contribution in [-0.4, -0.2) is 12.6 Å². The van der Waals surface area contributed by atoms with Gasteiger partial charge in [-0.2, -0.15) is 0 Å². The van der Waals surface area contributed by atoms with Gasteiger partial charge in [0.1, 0.15) is 0 Å². The third kappa shape index (κ3) is 4.63. The van der Waals surface area contributed by atoms with E-state index in [0.29, 0.717) is 18.9 Å². The highest BCUT2D eigenvalue weighted by atomic mass is 16.5. The molecule has 0 spiro atoms. The molecule has 1 aromatic rings. The fourth-order valence-corrected chi connectivity index (χ4v) is 1.59. The van der Waals surface area contributed by atoms with Crippen LogP contribution in [0.2, 0.25) is 0 Å². The molecular formula is C13H18O2. The summed E-state index contributed by atoms with van der Waals surface area (Å²) < 4.78 is 4.91. The van der Waals surface area contributed by atoms with Crippen molar-refractivity contribution < 1.29 is 9.53 Å². The van der Waals surface area contributed by atoms with Crippen LogP contribution in [0, 0.1) is 5.92 Å². The molecule has 0 aliphatic carbocycles. The van der Waals surface area contributed by atoms with Gasteiger partial charge >= 0.3 is 5.97 Å². The van der Waals surface area contributed by atoms with Gasteiger partial charge in [0.2, 0.25) is 0 Å². The molecule has 15 heavy (non-hydrogen) atoms. The van der Waals surface area contributed by atoms with Crippen LogP contribution in [0.5, 0.6) is 0 Å². The quantitative estimate of drug-likeness (QED) is 0.692. The lowest BCUT2D eigenvalue weighted by Gasteiger charge is -2.10. The van der Waals surface area contributed by atoms with Gasteiger partial charge in [0.15, 0.2) is 0 Å². The van der Waals surface area contributed by atoms with Gasteiger partial charge in [-0.25, -0.2) is 0 Å². The molecule has 0 unspecified atom stereocenters. The van der Waals surface area contributed by atoms with Crippen LogP contribution in [0.25, 0.3) is 0 Å². The molecule has 0 radical (unpaired) electrons. The molecule has 0 bridgehead atoms. The molecule has 0 amide bonds. The maximum Gasteiger partial charge on any atom is 0.306 e. The first-order valence-electron chi connectivity index (χ1n) is 5.42. The minimum atomic E-state index is -0.0964. The number of ether oxygens (including phenoxy) is 1. The van der Waals surface area contributed by atoms with Crippen molar-refractivity contribution in [1.29, 1.82) is 0 Å². The second-order valence-electron chi connectivity index (χ2n) is 3.80. The van der Waals surface area contributed by atoms with Crippen molar-refractivity contribution in [1.82, 2.24) is 0 Å². The van der Waals surface area contributed by atoms with E-state index in [1.807, 2.05) is 25.1 Å². The van der Waals surface area contributed by atoms with Gasteiger partial charge in [0.05, 0.1) is 6.61 Å². The summed E-state index contributed by atoms with van der Waals surface area (Å²) in [5.41, 5.74) is 1.27. The molecule has 0 fully saturated rings. The van der Waals surface area contributed by atoms with Crippen molar-refractivity contribution in [3.63, 3.8) is 0 Å². The summed E-state index contributed by atoms with van der Waals surface area (Å²) in [6.45, 7) is 4.38. The molecule has 0 saturated carbocycles. The Balaban J connectivity index is 2.36. The summed E-state index contributed by atoms with van der Waals surface area (Å²) in [6, 6.07) is 10.2. The van der Waals surface area contributed by atoms with E-state index in [2.05, 4.69) is 19.1 Å². The van der Waals surface area contributed by atoms with Crippen LogP contribution in [0.1, 0.15) is 25.8 Å². The number of hydrogen-bond acceptors (Lipinski definition) is 2. The zero-order valence-corrected chi connectivity index (χ0v) is 9.40. The monoisotopic (exact) mass is 206 g/mol. The fraction of sp³-hybridized carbons (Fsp3) is 0.462. The lowest BCUT2D eigenvalue weighted by molar-refractivity contribution is -0.144. The average molecular weight is 206 g/mol. The Morgan fingerprint density at radius 1 is 1.33 bits per heavy atom. The summed E-state index contributed by atoms with van der Waals surface area (Å²) in [4.78, 5) is 11.2. The molecule has 0 aromatic heterocycles. The molecular weight excluding hydrogens is 188 g/mol. The molecule has 82 valence electrons. The summed E-state index contributed by atoms with van der Waals surface area (Å²) in [5, 5.41) is 0. The van der Waals surface area contributed by atoms with Crippen LogP contribution < -0.4 is 0 Å². The minimum Gasteiger partial charge on any atom is -0.466 e. The normalized spacial score (nSPS) is 12.1. The maximum atomic E-state index is 11.2. The lowest BCUT2D eigenvalue weighted by Crippen LogP contribution is -2.11. The summed E-state index contributed by atoms with van der Waals surface area (Å²) in [7, 11) is 0. The summed E-state index contributed by atoms with van der Waals surface area (Å²) >= 11 is 0. The number of rotatable bonds is 5. The predicted molar refractivity (Wildman–Crippen MR) is 60.6 cm³/mol. The van der Waals surface area contributed by atoms with Gasteiger partial charge < -0.3 is 4.74 Å². The molecule has 1 aromatic carbocycles. The van der Waals surface area contributed by atoms with Crippen LogP contribution in [0.15, 0.2) is 30.3 Å². The molecule has 0 aliphatic rings. The second kappa shape index (κ2) is 6.23. The molecule has 2 nitrogen and oxygen atoms in total. The Kier molecular flexibility index (Phi) is 4.88. The molecule has 0 saturated heterocycles. The first kappa shape index (κ1) is 11.8. The highest BCUT2D eigenvalue weighted by Gasteiger charge is 2.10. The van der Waals surface area contributed by atoms with E-state index in [4.69, 9.17) is 4.74 Å². The number of carbonyl (C=O) groups excluding carboxylic acids is 1. The number of benzene rings is 1. The number of esters is 1. The maximum absolute atomic E-state index is 11.2. The topological polar surface area (TPSA) is 26.3 Å². The van der Waals surface area contributed by atoms with Gasteiger partial charge in [0.25, 0.3) is 0 Å². The van der Waals surface area contributed by atoms with Gasteiger partial charge in [-0.15, -0.1) is 0 Å². The zero-order valence-electron chi connectivity index (χ0n) is 9.40. The van der Waals surface area contributed by atoms with Crippen LogP contribution in [-0.2, 0) is 16.0 Å². The summed E-state index contributed by atoms with van der Waals surface area (Å²) in [5.74, 6) is 0.243. The fourth-order valence-electron chi connectivity index (χ4n) is 1.59. The van der Waals surface area contributed by atoms with Crippen LogP contribution in [0.4, 0.5) is 0 Å². The van der Waals surface area contributed by atoms with Crippen molar-refractivity contribution in [3.8, 4) is 0 Å². The molecule has 1 atom stereocenters. The van der Waals surface area contributed by atoms with E-state index in [-0.39, 0.29) is 5.97 Å². The Bertz CT molecular complexity index is 293. The predicted octanol–water partition coefficient (Wildman–Crippen LogP) is 2.82. The van der Waals surface area contributed by atoms with E-state index in [9.17, 15) is 4.79 Å². The average Bonchev–Trinajstić information content (AvgIpc) is 2.19. The van der Waals surface area contributed by atoms with E-state index in [1.165, 1.54) is 5.56 Å². The van der Waals surface area contributed by atoms with Gasteiger partial charge in [-0.3, -0.25) is 4.79 Å². The van der Waals surface area contributed by atoms with Gasteiger partial charge in [0, 0.05) is 6.42 Å². The van der Waals surface area contributed by atoms with Crippen molar-refractivity contribution in [2.45, 2.75) is 26.7 Å². The molecule has 0 N–H and O–H groups in total. The molecule has 1 rings (SSSR count). The zero-order chi connectivity index (χ0) is 11.1. The van der Waals surface area contributed by atoms with Crippen LogP contribution in [0.3, 0.4) is 0 Å². The standard InChI is InChI=1S/C13H18O2/c1-3-15-13(14)10-11(2)9-12-7-5-4-6-8-12/h4-8,11H,3,9-10H2,1-2H3/t11-/m0/s1. The lowest BCUT2D eigenvalue weighted by atomic mass is 9.98. The van der Waals surface area contributed by atoms with Crippen molar-refractivity contribution in [2.75, 3.05) is 6.61 Å². The number of hydrogen-bond donors (Lipinski definition) is 0. The summed E-state index contributed by atoms with van der Waals surface area (Å²) in [6.07, 6.45) is 1.43. The second-order valence-corrected chi connectivity index (χ2v) is 3.80. The first-order valence-corrected chi connectivity index (χ1v) is 5.42. The van der Waals surface area contributed by atoms with Crippen molar-refractivity contribution in [3.05, 3.63) is 35.9 Å². The largest absolute Gasteiger partial charge is 0.466 e. The van der Waals surface area contributed by atoms with Gasteiger partial charge in [-0.1, -0.05) is 37.3 Å². The molecule has 2 heteroatoms. The Labute approximate surface area is 91.3 Å². The molecule has 0 aliphatic heterocycles.